The van der Waals surface area contributed by atoms with E-state index in [0.717, 1.165) is 4.47 Å². The van der Waals surface area contributed by atoms with Crippen molar-refractivity contribution in [3.63, 3.8) is 0 Å². The molecule has 0 atom stereocenters. The molecule has 0 aliphatic rings. The summed E-state index contributed by atoms with van der Waals surface area (Å²) in [6, 6.07) is 5.16. The lowest BCUT2D eigenvalue weighted by Crippen LogP contribution is -2.27. The number of halogens is 1. The minimum Gasteiger partial charge on any atom is -0.383 e. The topological polar surface area (TPSA) is 55.4 Å². The zero-order valence-electron chi connectivity index (χ0n) is 9.16. The maximum absolute atomic E-state index is 11.9. The summed E-state index contributed by atoms with van der Waals surface area (Å²) in [6.45, 7) is 2.38. The van der Waals surface area contributed by atoms with Crippen LogP contribution in [0.25, 0.3) is 0 Å². The van der Waals surface area contributed by atoms with Crippen LogP contribution in [-0.4, -0.2) is 28.7 Å². The van der Waals surface area contributed by atoms with Gasteiger partial charge < -0.3 is 4.74 Å². The molecule has 1 N–H and O–H groups in total. The summed E-state index contributed by atoms with van der Waals surface area (Å²) in [7, 11) is -1.92. The summed E-state index contributed by atoms with van der Waals surface area (Å²) in [5.74, 6) is 0. The Bertz CT molecular complexity index is 459. The Hall–Kier alpha value is -0.430. The third-order valence-electron chi connectivity index (χ3n) is 2.04. The highest BCUT2D eigenvalue weighted by Gasteiger charge is 2.16. The Kier molecular flexibility index (Phi) is 4.91. The van der Waals surface area contributed by atoms with E-state index in [0.29, 0.717) is 12.2 Å². The van der Waals surface area contributed by atoms with E-state index in [-0.39, 0.29) is 11.4 Å². The third-order valence-corrected chi connectivity index (χ3v) is 4.13. The van der Waals surface area contributed by atoms with Gasteiger partial charge >= 0.3 is 0 Å². The maximum Gasteiger partial charge on any atom is 0.240 e. The summed E-state index contributed by atoms with van der Waals surface area (Å²) in [5.41, 5.74) is 0.716. The van der Waals surface area contributed by atoms with Crippen molar-refractivity contribution < 1.29 is 13.2 Å². The van der Waals surface area contributed by atoms with Crippen LogP contribution in [0.2, 0.25) is 0 Å². The van der Waals surface area contributed by atoms with Crippen molar-refractivity contribution in [3.8, 4) is 0 Å². The van der Waals surface area contributed by atoms with E-state index in [1.54, 1.807) is 19.1 Å². The van der Waals surface area contributed by atoms with Gasteiger partial charge in [0.25, 0.3) is 0 Å². The molecule has 0 fully saturated rings. The Labute approximate surface area is 104 Å². The molecular formula is C10H14BrNO3S. The van der Waals surface area contributed by atoms with Gasteiger partial charge in [-0.25, -0.2) is 13.1 Å². The van der Waals surface area contributed by atoms with Crippen LogP contribution >= 0.6 is 15.9 Å². The average Bonchev–Trinajstić information content (AvgIpc) is 2.22. The molecule has 6 heteroatoms. The van der Waals surface area contributed by atoms with Crippen LogP contribution in [0.1, 0.15) is 5.56 Å². The Morgan fingerprint density at radius 1 is 1.44 bits per heavy atom. The van der Waals surface area contributed by atoms with Gasteiger partial charge in [0.1, 0.15) is 0 Å². The number of hydrogen-bond acceptors (Lipinski definition) is 3. The zero-order chi connectivity index (χ0) is 12.2. The Balaban J connectivity index is 2.93. The quantitative estimate of drug-likeness (QED) is 0.842. The minimum atomic E-state index is -3.45. The molecule has 0 unspecified atom stereocenters. The number of sulfonamides is 1. The van der Waals surface area contributed by atoms with Gasteiger partial charge in [0, 0.05) is 18.1 Å². The fraction of sp³-hybridized carbons (Fsp3) is 0.400. The van der Waals surface area contributed by atoms with Crippen LogP contribution < -0.4 is 4.72 Å². The van der Waals surface area contributed by atoms with Gasteiger partial charge in [0.05, 0.1) is 11.5 Å². The molecule has 4 nitrogen and oxygen atoms in total. The van der Waals surface area contributed by atoms with Gasteiger partial charge in [-0.3, -0.25) is 0 Å². The number of benzene rings is 1. The van der Waals surface area contributed by atoms with Crippen LogP contribution in [-0.2, 0) is 14.8 Å². The average molecular weight is 308 g/mol. The molecule has 0 amide bonds. The predicted octanol–water partition coefficient (Wildman–Crippen LogP) is 1.68. The number of methoxy groups -OCH3 is 1. The molecule has 1 aromatic carbocycles. The van der Waals surface area contributed by atoms with Crippen molar-refractivity contribution in [2.75, 3.05) is 20.3 Å². The van der Waals surface area contributed by atoms with E-state index in [9.17, 15) is 8.42 Å². The van der Waals surface area contributed by atoms with E-state index < -0.39 is 10.0 Å². The van der Waals surface area contributed by atoms with Gasteiger partial charge in [-0.05, 0) is 24.6 Å². The van der Waals surface area contributed by atoms with Gasteiger partial charge in [0.2, 0.25) is 10.0 Å². The lowest BCUT2D eigenvalue weighted by atomic mass is 10.2. The number of ether oxygens (including phenoxy) is 1. The van der Waals surface area contributed by atoms with E-state index in [1.807, 2.05) is 6.07 Å². The second-order valence-electron chi connectivity index (χ2n) is 3.30. The summed E-state index contributed by atoms with van der Waals surface area (Å²) in [4.78, 5) is 0.290. The van der Waals surface area contributed by atoms with Crippen molar-refractivity contribution in [2.45, 2.75) is 11.8 Å². The molecule has 0 aliphatic carbocycles. The molecule has 0 aliphatic heterocycles. The van der Waals surface area contributed by atoms with Crippen molar-refractivity contribution in [3.05, 3.63) is 28.2 Å². The molecule has 0 heterocycles. The van der Waals surface area contributed by atoms with Crippen LogP contribution in [0.3, 0.4) is 0 Å². The monoisotopic (exact) mass is 307 g/mol. The molecule has 0 bridgehead atoms. The van der Waals surface area contributed by atoms with E-state index in [2.05, 4.69) is 20.7 Å². The molecule has 0 spiro atoms. The lowest BCUT2D eigenvalue weighted by molar-refractivity contribution is 0.204. The highest BCUT2D eigenvalue weighted by molar-refractivity contribution is 9.10. The molecule has 1 rings (SSSR count). The summed E-state index contributed by atoms with van der Waals surface area (Å²) < 4.78 is 31.8. The molecule has 0 saturated carbocycles. The van der Waals surface area contributed by atoms with Gasteiger partial charge in [-0.2, -0.15) is 0 Å². The second kappa shape index (κ2) is 5.77. The molecular weight excluding hydrogens is 294 g/mol. The molecule has 16 heavy (non-hydrogen) atoms. The Morgan fingerprint density at radius 3 is 2.75 bits per heavy atom. The van der Waals surface area contributed by atoms with Crippen molar-refractivity contribution >= 4 is 26.0 Å². The Morgan fingerprint density at radius 2 is 2.12 bits per heavy atom. The van der Waals surface area contributed by atoms with Crippen molar-refractivity contribution in [1.29, 1.82) is 0 Å². The highest BCUT2D eigenvalue weighted by Crippen LogP contribution is 2.20. The highest BCUT2D eigenvalue weighted by atomic mass is 79.9. The number of rotatable bonds is 5. The summed E-state index contributed by atoms with van der Waals surface area (Å²) in [5, 5.41) is 0. The molecule has 0 aromatic heterocycles. The largest absolute Gasteiger partial charge is 0.383 e. The summed E-state index contributed by atoms with van der Waals surface area (Å²) in [6.07, 6.45) is 0. The SMILES string of the molecule is COCCNS(=O)(=O)c1cc(Br)ccc1C. The second-order valence-corrected chi connectivity index (χ2v) is 5.95. The molecule has 0 saturated heterocycles. The zero-order valence-corrected chi connectivity index (χ0v) is 11.6. The van der Waals surface area contributed by atoms with Crippen LogP contribution in [0, 0.1) is 6.92 Å². The van der Waals surface area contributed by atoms with Gasteiger partial charge in [-0.15, -0.1) is 0 Å². The molecule has 0 radical (unpaired) electrons. The standard InChI is InChI=1S/C10H14BrNO3S/c1-8-3-4-9(11)7-10(8)16(13,14)12-5-6-15-2/h3-4,7,12H,5-6H2,1-2H3. The molecule has 1 aromatic rings. The first kappa shape index (κ1) is 13.6. The number of nitrogens with one attached hydrogen (secondary N) is 1. The fourth-order valence-corrected chi connectivity index (χ4v) is 3.01. The van der Waals surface area contributed by atoms with Crippen molar-refractivity contribution in [1.82, 2.24) is 4.72 Å². The van der Waals surface area contributed by atoms with Crippen LogP contribution in [0.15, 0.2) is 27.6 Å². The van der Waals surface area contributed by atoms with E-state index >= 15 is 0 Å². The number of hydrogen-bond donors (Lipinski definition) is 1. The first-order valence-electron chi connectivity index (χ1n) is 4.72. The van der Waals surface area contributed by atoms with Crippen LogP contribution in [0.5, 0.6) is 0 Å². The minimum absolute atomic E-state index is 0.269. The normalized spacial score (nSPS) is 11.7. The lowest BCUT2D eigenvalue weighted by Gasteiger charge is -2.09. The van der Waals surface area contributed by atoms with Gasteiger partial charge in [0.15, 0.2) is 0 Å². The van der Waals surface area contributed by atoms with Crippen LogP contribution in [0.4, 0.5) is 0 Å². The molecule has 90 valence electrons. The maximum atomic E-state index is 11.9. The van der Waals surface area contributed by atoms with E-state index in [4.69, 9.17) is 4.74 Å². The third kappa shape index (κ3) is 3.55. The fourth-order valence-electron chi connectivity index (χ4n) is 1.22. The van der Waals surface area contributed by atoms with Gasteiger partial charge in [-0.1, -0.05) is 22.0 Å². The van der Waals surface area contributed by atoms with E-state index in [1.165, 1.54) is 7.11 Å². The summed E-state index contributed by atoms with van der Waals surface area (Å²) >= 11 is 3.25. The first-order chi connectivity index (χ1) is 7.47. The smallest absolute Gasteiger partial charge is 0.240 e. The predicted molar refractivity (Wildman–Crippen MR) is 65.9 cm³/mol. The number of aryl methyl sites for hydroxylation is 1. The first-order valence-corrected chi connectivity index (χ1v) is 7.00. The van der Waals surface area contributed by atoms with Crippen molar-refractivity contribution in [2.24, 2.45) is 0 Å².